The van der Waals surface area contributed by atoms with E-state index in [1.807, 2.05) is 4.90 Å². The Kier molecular flexibility index (Phi) is 5.31. The fraction of sp³-hybridized carbons (Fsp3) is 0.316. The lowest BCUT2D eigenvalue weighted by molar-refractivity contribution is -0.141. The maximum absolute atomic E-state index is 13.1. The first-order valence-electron chi connectivity index (χ1n) is 9.45. The molecule has 3 aromatic rings. The van der Waals surface area contributed by atoms with Crippen LogP contribution in [0.5, 0.6) is 0 Å². The van der Waals surface area contributed by atoms with Crippen molar-refractivity contribution in [2.24, 2.45) is 11.7 Å². The van der Waals surface area contributed by atoms with E-state index >= 15 is 0 Å². The molecule has 2 unspecified atom stereocenters. The van der Waals surface area contributed by atoms with Crippen molar-refractivity contribution in [1.29, 1.82) is 0 Å². The number of piperidine rings is 1. The van der Waals surface area contributed by atoms with E-state index in [2.05, 4.69) is 19.9 Å². The number of rotatable bonds is 4. The summed E-state index contributed by atoms with van der Waals surface area (Å²) in [4.78, 5) is 18.2. The standard InChI is InChI=1S/C19H19F3N8O/c20-19(21,22)15-10-30-13(7-27-17(30)8-26-15)18-25-3-1-16(28-18)29-4-2-14(31)12(9-29)11(5-23)6-24/h1,3,5-8,10,12,14,23,31H,2,4,9,24H2/p+1/b11-6+,23-5?. The number of aliphatic hydroxyl groups excluding tert-OH is 1. The Morgan fingerprint density at radius 2 is 2.06 bits per heavy atom. The summed E-state index contributed by atoms with van der Waals surface area (Å²) in [6, 6.07) is 1.70. The lowest BCUT2D eigenvalue weighted by atomic mass is 9.88. The predicted molar refractivity (Wildman–Crippen MR) is 106 cm³/mol. The van der Waals surface area contributed by atoms with Gasteiger partial charge in [-0.2, -0.15) is 13.2 Å². The number of fused-ring (bicyclic) bond motifs is 1. The fourth-order valence-corrected chi connectivity index (χ4v) is 3.63. The van der Waals surface area contributed by atoms with Crippen molar-refractivity contribution < 1.29 is 23.7 Å². The Morgan fingerprint density at radius 3 is 2.77 bits per heavy atom. The molecule has 1 aliphatic heterocycles. The Hall–Kier alpha value is -3.54. The van der Waals surface area contributed by atoms with E-state index in [1.165, 1.54) is 29.2 Å². The molecule has 0 radical (unpaired) electrons. The third kappa shape index (κ3) is 3.93. The van der Waals surface area contributed by atoms with Crippen molar-refractivity contribution in [1.82, 2.24) is 24.3 Å². The third-order valence-electron chi connectivity index (χ3n) is 5.27. The van der Waals surface area contributed by atoms with E-state index in [0.717, 1.165) is 12.4 Å². The van der Waals surface area contributed by atoms with Crippen LogP contribution in [-0.4, -0.2) is 54.9 Å². The molecule has 12 heteroatoms. The zero-order valence-corrected chi connectivity index (χ0v) is 16.2. The van der Waals surface area contributed by atoms with Crippen LogP contribution in [0.1, 0.15) is 12.1 Å². The van der Waals surface area contributed by atoms with Crippen molar-refractivity contribution in [2.45, 2.75) is 18.7 Å². The lowest BCUT2D eigenvalue weighted by Gasteiger charge is -2.36. The Labute approximate surface area is 174 Å². The van der Waals surface area contributed by atoms with Gasteiger partial charge in [0.25, 0.3) is 0 Å². The monoisotopic (exact) mass is 433 g/mol. The molecule has 3 aromatic heterocycles. The van der Waals surface area contributed by atoms with Gasteiger partial charge >= 0.3 is 6.18 Å². The highest BCUT2D eigenvalue weighted by molar-refractivity contribution is 5.74. The highest BCUT2D eigenvalue weighted by Crippen LogP contribution is 2.30. The van der Waals surface area contributed by atoms with Crippen LogP contribution in [0, 0.1) is 5.92 Å². The van der Waals surface area contributed by atoms with Gasteiger partial charge < -0.3 is 15.7 Å². The van der Waals surface area contributed by atoms with Crippen molar-refractivity contribution in [2.75, 3.05) is 18.0 Å². The van der Waals surface area contributed by atoms with Gasteiger partial charge in [-0.3, -0.25) is 9.81 Å². The van der Waals surface area contributed by atoms with Crippen molar-refractivity contribution in [3.05, 3.63) is 48.3 Å². The number of anilines is 1. The van der Waals surface area contributed by atoms with Crippen LogP contribution in [0.2, 0.25) is 0 Å². The molecule has 1 aliphatic rings. The number of nitrogens with two attached hydrogens (primary N) is 2. The van der Waals surface area contributed by atoms with Crippen molar-refractivity contribution >= 4 is 17.7 Å². The van der Waals surface area contributed by atoms with Crippen LogP contribution in [0.15, 0.2) is 42.6 Å². The zero-order chi connectivity index (χ0) is 22.2. The number of hydrogen-bond acceptors (Lipinski definition) is 7. The molecule has 9 nitrogen and oxygen atoms in total. The first-order valence-corrected chi connectivity index (χ1v) is 9.45. The Balaban J connectivity index is 1.68. The highest BCUT2D eigenvalue weighted by atomic mass is 19.4. The summed E-state index contributed by atoms with van der Waals surface area (Å²) < 4.78 is 40.5. The van der Waals surface area contributed by atoms with Crippen molar-refractivity contribution in [3.8, 4) is 11.5 Å². The van der Waals surface area contributed by atoms with E-state index in [1.54, 1.807) is 6.07 Å². The molecule has 0 amide bonds. The number of halogens is 3. The van der Waals surface area contributed by atoms with Crippen LogP contribution in [-0.2, 0) is 6.18 Å². The molecule has 5 N–H and O–H groups in total. The summed E-state index contributed by atoms with van der Waals surface area (Å²) >= 11 is 0. The maximum Gasteiger partial charge on any atom is 0.434 e. The molecule has 0 saturated carbocycles. The maximum atomic E-state index is 13.1. The average Bonchev–Trinajstić information content (AvgIpc) is 3.19. The van der Waals surface area contributed by atoms with Gasteiger partial charge in [0.2, 0.25) is 0 Å². The molecule has 0 aliphatic carbocycles. The summed E-state index contributed by atoms with van der Waals surface area (Å²) in [7, 11) is 0. The molecule has 0 spiro atoms. The van der Waals surface area contributed by atoms with Crippen LogP contribution >= 0.6 is 0 Å². The second-order valence-electron chi connectivity index (χ2n) is 7.12. The smallest absolute Gasteiger partial charge is 0.404 e. The minimum atomic E-state index is -4.59. The third-order valence-corrected chi connectivity index (χ3v) is 5.27. The van der Waals surface area contributed by atoms with Crippen LogP contribution in [0.4, 0.5) is 19.0 Å². The normalized spacial score (nSPS) is 20.3. The zero-order valence-electron chi connectivity index (χ0n) is 16.2. The van der Waals surface area contributed by atoms with Gasteiger partial charge in [-0.05, 0) is 12.5 Å². The minimum Gasteiger partial charge on any atom is -0.404 e. The summed E-state index contributed by atoms with van der Waals surface area (Å²) in [5.74, 6) is 0.487. The van der Waals surface area contributed by atoms with E-state index in [-0.39, 0.29) is 17.4 Å². The number of imidazole rings is 1. The van der Waals surface area contributed by atoms with E-state index in [0.29, 0.717) is 36.6 Å². The van der Waals surface area contributed by atoms with E-state index in [9.17, 15) is 18.3 Å². The molecule has 1 fully saturated rings. The first kappa shape index (κ1) is 20.7. The quantitative estimate of drug-likeness (QED) is 0.496. The second-order valence-corrected chi connectivity index (χ2v) is 7.12. The van der Waals surface area contributed by atoms with Crippen LogP contribution in [0.3, 0.4) is 0 Å². The fourth-order valence-electron chi connectivity index (χ4n) is 3.63. The van der Waals surface area contributed by atoms with Crippen LogP contribution in [0.25, 0.3) is 17.2 Å². The van der Waals surface area contributed by atoms with Gasteiger partial charge in [0.15, 0.2) is 23.4 Å². The number of hydrogen-bond donors (Lipinski definition) is 3. The number of nitrogens with zero attached hydrogens (tertiary/aromatic N) is 6. The van der Waals surface area contributed by atoms with E-state index in [4.69, 9.17) is 11.1 Å². The summed E-state index contributed by atoms with van der Waals surface area (Å²) in [6.45, 7) is 0.954. The molecule has 2 atom stereocenters. The lowest BCUT2D eigenvalue weighted by Crippen LogP contribution is -2.46. The van der Waals surface area contributed by atoms with Gasteiger partial charge in [0.05, 0.1) is 18.5 Å². The molecule has 0 bridgehead atoms. The molecule has 162 valence electrons. The first-order chi connectivity index (χ1) is 14.8. The molecule has 31 heavy (non-hydrogen) atoms. The van der Waals surface area contributed by atoms with Crippen LogP contribution < -0.4 is 16.0 Å². The van der Waals surface area contributed by atoms with Gasteiger partial charge in [-0.15, -0.1) is 0 Å². The minimum absolute atomic E-state index is 0.215. The molecular formula is C19H20F3N8O+. The Morgan fingerprint density at radius 1 is 1.26 bits per heavy atom. The summed E-state index contributed by atoms with van der Waals surface area (Å²) in [5.41, 5.74) is 5.75. The largest absolute Gasteiger partial charge is 0.434 e. The van der Waals surface area contributed by atoms with Gasteiger partial charge in [0, 0.05) is 43.2 Å². The number of aliphatic hydroxyl groups is 1. The average molecular weight is 433 g/mol. The highest BCUT2D eigenvalue weighted by Gasteiger charge is 2.34. The molecule has 1 saturated heterocycles. The number of aromatic nitrogens is 5. The van der Waals surface area contributed by atoms with Gasteiger partial charge in [-0.25, -0.2) is 19.9 Å². The summed E-state index contributed by atoms with van der Waals surface area (Å²) in [6.07, 6.45) is 2.88. The van der Waals surface area contributed by atoms with Crippen molar-refractivity contribution in [3.63, 3.8) is 0 Å². The summed E-state index contributed by atoms with van der Waals surface area (Å²) in [5, 5.41) is 16.0. The van der Waals surface area contributed by atoms with Gasteiger partial charge in [0.1, 0.15) is 11.5 Å². The molecular weight excluding hydrogens is 413 g/mol. The van der Waals surface area contributed by atoms with E-state index < -0.39 is 18.0 Å². The molecule has 4 rings (SSSR count). The second kappa shape index (κ2) is 7.95. The SMILES string of the molecule is N/C=C(\C=[NH2+])C1CN(c2ccnc(-c3cnc4cnc(C(F)(F)F)cn34)n2)CCC1O. The predicted octanol–water partition coefficient (Wildman–Crippen LogP) is 0.0648. The molecule has 4 heterocycles. The van der Waals surface area contributed by atoms with Gasteiger partial charge in [-0.1, -0.05) is 0 Å². The molecule has 0 aromatic carbocycles. The number of alkyl halides is 3. The Bertz CT molecular complexity index is 1140. The topological polar surface area (TPSA) is 131 Å².